The largest absolute Gasteiger partial charge is 0.497 e. The van der Waals surface area contributed by atoms with Crippen LogP contribution in [0.2, 0.25) is 10.0 Å². The Labute approximate surface area is 202 Å². The molecule has 8 heteroatoms. The number of nitrogens with zero attached hydrogens (tertiary/aromatic N) is 2. The molecule has 32 heavy (non-hydrogen) atoms. The van der Waals surface area contributed by atoms with Gasteiger partial charge in [-0.05, 0) is 35.7 Å². The molecule has 1 amide bonds. The summed E-state index contributed by atoms with van der Waals surface area (Å²) in [5.41, 5.74) is 1.92. The molecule has 0 unspecified atom stereocenters. The lowest BCUT2D eigenvalue weighted by Crippen LogP contribution is -2.48. The number of methoxy groups -OCH3 is 1. The van der Waals surface area contributed by atoms with Crippen LogP contribution < -0.4 is 9.47 Å². The van der Waals surface area contributed by atoms with E-state index < -0.39 is 0 Å². The number of halogens is 2. The molecule has 0 N–H and O–H groups in total. The summed E-state index contributed by atoms with van der Waals surface area (Å²) >= 11 is 14.1. The van der Waals surface area contributed by atoms with E-state index in [4.69, 9.17) is 32.7 Å². The molecule has 168 valence electrons. The number of rotatable bonds is 7. The van der Waals surface area contributed by atoms with Crippen molar-refractivity contribution >= 4 is 40.4 Å². The van der Waals surface area contributed by atoms with E-state index in [2.05, 4.69) is 4.90 Å². The van der Waals surface area contributed by atoms with Crippen molar-refractivity contribution in [2.45, 2.75) is 13.2 Å². The average Bonchev–Trinajstić information content (AvgIpc) is 3.29. The van der Waals surface area contributed by atoms with E-state index in [-0.39, 0.29) is 5.91 Å². The molecule has 2 heterocycles. The Morgan fingerprint density at radius 2 is 1.69 bits per heavy atom. The highest BCUT2D eigenvalue weighted by atomic mass is 35.5. The van der Waals surface area contributed by atoms with Crippen molar-refractivity contribution in [3.8, 4) is 11.5 Å². The summed E-state index contributed by atoms with van der Waals surface area (Å²) in [6, 6.07) is 15.0. The van der Waals surface area contributed by atoms with Gasteiger partial charge in [0.05, 0.1) is 12.0 Å². The number of carbonyl (C=O) groups is 1. The van der Waals surface area contributed by atoms with Gasteiger partial charge in [0, 0.05) is 60.0 Å². The van der Waals surface area contributed by atoms with Crippen LogP contribution >= 0.6 is 34.5 Å². The lowest BCUT2D eigenvalue weighted by Gasteiger charge is -2.34. The number of thiophene rings is 1. The fourth-order valence-electron chi connectivity index (χ4n) is 3.59. The Hall–Kier alpha value is -2.25. The minimum atomic E-state index is 0.0676. The Morgan fingerprint density at radius 1 is 1.00 bits per heavy atom. The van der Waals surface area contributed by atoms with Crippen molar-refractivity contribution in [2.75, 3.05) is 33.3 Å². The number of hydrogen-bond donors (Lipinski definition) is 0. The SMILES string of the molecule is COc1cccc(OCc2csc(C(=O)N3CCN(Cc4c(Cl)cccc4Cl)CC3)c2)c1. The Bertz CT molecular complexity index is 1060. The number of hydrogen-bond acceptors (Lipinski definition) is 5. The summed E-state index contributed by atoms with van der Waals surface area (Å²) in [6.45, 7) is 4.01. The molecule has 0 spiro atoms. The summed E-state index contributed by atoms with van der Waals surface area (Å²) in [5.74, 6) is 1.55. The molecule has 1 aromatic heterocycles. The molecule has 1 saturated heterocycles. The van der Waals surface area contributed by atoms with Crippen LogP contribution in [0.5, 0.6) is 11.5 Å². The summed E-state index contributed by atoms with van der Waals surface area (Å²) in [4.78, 5) is 17.9. The van der Waals surface area contributed by atoms with Crippen LogP contribution in [-0.2, 0) is 13.2 Å². The van der Waals surface area contributed by atoms with Crippen molar-refractivity contribution in [1.29, 1.82) is 0 Å². The second-order valence-electron chi connectivity index (χ2n) is 7.56. The maximum absolute atomic E-state index is 13.0. The maximum Gasteiger partial charge on any atom is 0.264 e. The third-order valence-corrected chi connectivity index (χ3v) is 7.09. The second kappa shape index (κ2) is 10.6. The molecule has 0 aliphatic carbocycles. The molecule has 1 aliphatic rings. The standard InChI is InChI=1S/C24H24Cl2N2O3S/c1-30-18-4-2-5-19(13-18)31-15-17-12-23(32-16-17)24(29)28-10-8-27(9-11-28)14-20-21(25)6-3-7-22(20)26/h2-7,12-13,16H,8-11,14-15H2,1H3. The number of carbonyl (C=O) groups excluding carboxylic acids is 1. The first-order valence-electron chi connectivity index (χ1n) is 10.3. The third kappa shape index (κ3) is 5.56. The molecular formula is C24H24Cl2N2O3S. The molecule has 0 saturated carbocycles. The van der Waals surface area contributed by atoms with E-state index in [9.17, 15) is 4.79 Å². The molecule has 1 fully saturated rings. The average molecular weight is 491 g/mol. The van der Waals surface area contributed by atoms with Gasteiger partial charge in [-0.25, -0.2) is 0 Å². The van der Waals surface area contributed by atoms with Crippen molar-refractivity contribution in [3.63, 3.8) is 0 Å². The highest BCUT2D eigenvalue weighted by molar-refractivity contribution is 7.12. The monoisotopic (exact) mass is 490 g/mol. The Morgan fingerprint density at radius 3 is 2.41 bits per heavy atom. The highest BCUT2D eigenvalue weighted by Gasteiger charge is 2.24. The second-order valence-corrected chi connectivity index (χ2v) is 9.28. The number of amides is 1. The summed E-state index contributed by atoms with van der Waals surface area (Å²) in [7, 11) is 1.63. The first kappa shape index (κ1) is 22.9. The van der Waals surface area contributed by atoms with Gasteiger partial charge in [0.2, 0.25) is 0 Å². The molecule has 0 atom stereocenters. The van der Waals surface area contributed by atoms with Gasteiger partial charge in [-0.15, -0.1) is 11.3 Å². The van der Waals surface area contributed by atoms with Crippen LogP contribution in [0.1, 0.15) is 20.8 Å². The number of ether oxygens (including phenoxy) is 2. The van der Waals surface area contributed by atoms with E-state index in [1.807, 2.05) is 58.8 Å². The van der Waals surface area contributed by atoms with Crippen LogP contribution in [0.3, 0.4) is 0 Å². The lowest BCUT2D eigenvalue weighted by atomic mass is 10.2. The molecule has 1 aliphatic heterocycles. The van der Waals surface area contributed by atoms with Gasteiger partial charge in [-0.2, -0.15) is 0 Å². The highest BCUT2D eigenvalue weighted by Crippen LogP contribution is 2.27. The van der Waals surface area contributed by atoms with Crippen molar-refractivity contribution < 1.29 is 14.3 Å². The predicted molar refractivity (Wildman–Crippen MR) is 129 cm³/mol. The summed E-state index contributed by atoms with van der Waals surface area (Å²) in [6.07, 6.45) is 0. The Balaban J connectivity index is 1.29. The van der Waals surface area contributed by atoms with E-state index in [0.29, 0.717) is 36.3 Å². The normalized spacial score (nSPS) is 14.4. The van der Waals surface area contributed by atoms with Crippen LogP contribution in [0, 0.1) is 0 Å². The maximum atomic E-state index is 13.0. The van der Waals surface area contributed by atoms with Gasteiger partial charge in [-0.3, -0.25) is 9.69 Å². The fourth-order valence-corrected chi connectivity index (χ4v) is 4.97. The summed E-state index contributed by atoms with van der Waals surface area (Å²) in [5, 5.41) is 3.33. The van der Waals surface area contributed by atoms with Crippen LogP contribution in [-0.4, -0.2) is 49.0 Å². The van der Waals surface area contributed by atoms with Gasteiger partial charge < -0.3 is 14.4 Å². The van der Waals surface area contributed by atoms with E-state index in [0.717, 1.165) is 40.6 Å². The topological polar surface area (TPSA) is 42.0 Å². The lowest BCUT2D eigenvalue weighted by molar-refractivity contribution is 0.0633. The summed E-state index contributed by atoms with van der Waals surface area (Å²) < 4.78 is 11.1. The number of piperazine rings is 1. The predicted octanol–water partition coefficient (Wildman–Crippen LogP) is 5.60. The minimum absolute atomic E-state index is 0.0676. The molecule has 0 bridgehead atoms. The smallest absolute Gasteiger partial charge is 0.264 e. The first-order chi connectivity index (χ1) is 15.5. The molecule has 5 nitrogen and oxygen atoms in total. The zero-order valence-electron chi connectivity index (χ0n) is 17.7. The van der Waals surface area contributed by atoms with Gasteiger partial charge in [0.25, 0.3) is 5.91 Å². The van der Waals surface area contributed by atoms with Crippen molar-refractivity contribution in [1.82, 2.24) is 9.80 Å². The molecule has 4 rings (SSSR count). The molecule has 3 aromatic rings. The molecule has 2 aromatic carbocycles. The van der Waals surface area contributed by atoms with Crippen molar-refractivity contribution in [3.05, 3.63) is 80.0 Å². The quantitative estimate of drug-likeness (QED) is 0.432. The van der Waals surface area contributed by atoms with Gasteiger partial charge >= 0.3 is 0 Å². The van der Waals surface area contributed by atoms with E-state index in [1.54, 1.807) is 7.11 Å². The van der Waals surface area contributed by atoms with Crippen LogP contribution in [0.4, 0.5) is 0 Å². The van der Waals surface area contributed by atoms with E-state index >= 15 is 0 Å². The van der Waals surface area contributed by atoms with Gasteiger partial charge in [0.1, 0.15) is 18.1 Å². The third-order valence-electron chi connectivity index (χ3n) is 5.41. The van der Waals surface area contributed by atoms with Crippen LogP contribution in [0.15, 0.2) is 53.9 Å². The fraction of sp³-hybridized carbons (Fsp3) is 0.292. The van der Waals surface area contributed by atoms with Gasteiger partial charge in [-0.1, -0.05) is 35.3 Å². The minimum Gasteiger partial charge on any atom is -0.497 e. The Kier molecular flexibility index (Phi) is 7.58. The van der Waals surface area contributed by atoms with E-state index in [1.165, 1.54) is 11.3 Å². The number of benzene rings is 2. The first-order valence-corrected chi connectivity index (χ1v) is 12.0. The van der Waals surface area contributed by atoms with Gasteiger partial charge in [0.15, 0.2) is 0 Å². The zero-order valence-corrected chi connectivity index (χ0v) is 20.1. The van der Waals surface area contributed by atoms with Crippen LogP contribution in [0.25, 0.3) is 0 Å². The molecule has 0 radical (unpaired) electrons. The zero-order chi connectivity index (χ0) is 22.5. The van der Waals surface area contributed by atoms with Crippen molar-refractivity contribution in [2.24, 2.45) is 0 Å². The molecular weight excluding hydrogens is 467 g/mol.